The van der Waals surface area contributed by atoms with Crippen LogP contribution in [0.5, 0.6) is 0 Å². The fourth-order valence-corrected chi connectivity index (χ4v) is 3.43. The van der Waals surface area contributed by atoms with Crippen LogP contribution in [0, 0.1) is 5.92 Å². The summed E-state index contributed by atoms with van der Waals surface area (Å²) in [4.78, 5) is 23.1. The van der Waals surface area contributed by atoms with Crippen molar-refractivity contribution in [3.8, 4) is 0 Å². The average Bonchev–Trinajstić information content (AvgIpc) is 3.06. The summed E-state index contributed by atoms with van der Waals surface area (Å²) < 4.78 is 1.26. The molecule has 1 aliphatic carbocycles. The molecule has 1 saturated carbocycles. The lowest BCUT2D eigenvalue weighted by Crippen LogP contribution is -2.44. The normalized spacial score (nSPS) is 20.2. The molecule has 1 aromatic carbocycles. The van der Waals surface area contributed by atoms with Gasteiger partial charge in [0, 0.05) is 6.04 Å². The van der Waals surface area contributed by atoms with Crippen molar-refractivity contribution in [1.82, 2.24) is 20.3 Å². The third-order valence-corrected chi connectivity index (χ3v) is 4.66. The third-order valence-electron chi connectivity index (χ3n) is 4.66. The monoisotopic (exact) mass is 342 g/mol. The predicted molar refractivity (Wildman–Crippen MR) is 91.0 cm³/mol. The molecule has 2 N–H and O–H groups in total. The molecule has 0 aliphatic heterocycles. The first-order chi connectivity index (χ1) is 12.1. The van der Waals surface area contributed by atoms with Gasteiger partial charge in [0.25, 0.3) is 0 Å². The van der Waals surface area contributed by atoms with Gasteiger partial charge < -0.3 is 10.4 Å². The predicted octanol–water partition coefficient (Wildman–Crippen LogP) is 1.89. The molecule has 1 heterocycles. The number of carbonyl (C=O) groups is 2. The van der Waals surface area contributed by atoms with Crippen LogP contribution in [0.3, 0.4) is 0 Å². The van der Waals surface area contributed by atoms with Gasteiger partial charge in [-0.1, -0.05) is 48.4 Å². The summed E-state index contributed by atoms with van der Waals surface area (Å²) in [6, 6.07) is 10.5. The zero-order chi connectivity index (χ0) is 17.6. The van der Waals surface area contributed by atoms with Gasteiger partial charge in [-0.05, 0) is 30.7 Å². The number of hydrogen-bond donors (Lipinski definition) is 2. The highest BCUT2D eigenvalue weighted by Gasteiger charge is 2.26. The second-order valence-electron chi connectivity index (χ2n) is 6.51. The lowest BCUT2D eigenvalue weighted by molar-refractivity contribution is -0.123. The molecule has 7 heteroatoms. The van der Waals surface area contributed by atoms with Crippen molar-refractivity contribution in [2.75, 3.05) is 0 Å². The topological polar surface area (TPSA) is 97.1 Å². The van der Waals surface area contributed by atoms with Crippen molar-refractivity contribution in [1.29, 1.82) is 0 Å². The molecular formula is C18H22N4O3. The van der Waals surface area contributed by atoms with Gasteiger partial charge in [-0.3, -0.25) is 4.79 Å². The van der Waals surface area contributed by atoms with Crippen molar-refractivity contribution in [2.24, 2.45) is 5.92 Å². The Hall–Kier alpha value is -2.70. The molecule has 1 fully saturated rings. The van der Waals surface area contributed by atoms with Crippen molar-refractivity contribution < 1.29 is 14.7 Å². The van der Waals surface area contributed by atoms with Crippen LogP contribution in [0.25, 0.3) is 0 Å². The van der Waals surface area contributed by atoms with E-state index in [-0.39, 0.29) is 24.2 Å². The summed E-state index contributed by atoms with van der Waals surface area (Å²) in [6.45, 7) is -0.0190. The van der Waals surface area contributed by atoms with Gasteiger partial charge in [-0.25, -0.2) is 9.48 Å². The second-order valence-corrected chi connectivity index (χ2v) is 6.51. The maximum Gasteiger partial charge on any atom is 0.358 e. The van der Waals surface area contributed by atoms with Crippen LogP contribution in [0.15, 0.2) is 36.5 Å². The van der Waals surface area contributed by atoms with Gasteiger partial charge in [0.2, 0.25) is 5.91 Å². The standard InChI is InChI=1S/C18H22N4O3/c23-17(12-22-11-16(18(24)25)20-21-22)19-15-9-5-4-8-14(15)10-13-6-2-1-3-7-13/h1-3,6-7,11,14-15H,4-5,8-10,12H2,(H,19,23)(H,24,25). The van der Waals surface area contributed by atoms with Gasteiger partial charge in [-0.15, -0.1) is 5.10 Å². The first-order valence-corrected chi connectivity index (χ1v) is 8.58. The number of amides is 1. The minimum Gasteiger partial charge on any atom is -0.476 e. The SMILES string of the molecule is O=C(Cn1cc(C(=O)O)nn1)NC1CCCCC1Cc1ccccc1. The first-order valence-electron chi connectivity index (χ1n) is 8.58. The van der Waals surface area contributed by atoms with E-state index < -0.39 is 5.97 Å². The van der Waals surface area contributed by atoms with Crippen LogP contribution in [0.1, 0.15) is 41.7 Å². The highest BCUT2D eigenvalue weighted by molar-refractivity contribution is 5.84. The summed E-state index contributed by atoms with van der Waals surface area (Å²) in [6.07, 6.45) is 6.60. The van der Waals surface area contributed by atoms with E-state index in [1.807, 2.05) is 18.2 Å². The van der Waals surface area contributed by atoms with Gasteiger partial charge >= 0.3 is 5.97 Å². The molecule has 0 radical (unpaired) electrons. The van der Waals surface area contributed by atoms with Gasteiger partial charge in [0.05, 0.1) is 6.20 Å². The Morgan fingerprint density at radius 2 is 1.96 bits per heavy atom. The molecule has 0 bridgehead atoms. The summed E-state index contributed by atoms with van der Waals surface area (Å²) in [7, 11) is 0. The smallest absolute Gasteiger partial charge is 0.358 e. The first kappa shape index (κ1) is 17.1. The highest BCUT2D eigenvalue weighted by Crippen LogP contribution is 2.27. The number of aromatic carboxylic acids is 1. The van der Waals surface area contributed by atoms with E-state index in [2.05, 4.69) is 27.8 Å². The number of aromatic nitrogens is 3. The highest BCUT2D eigenvalue weighted by atomic mass is 16.4. The van der Waals surface area contributed by atoms with Crippen molar-refractivity contribution >= 4 is 11.9 Å². The summed E-state index contributed by atoms with van der Waals surface area (Å²) in [5, 5.41) is 19.2. The van der Waals surface area contributed by atoms with E-state index in [4.69, 9.17) is 5.11 Å². The molecule has 7 nitrogen and oxygen atoms in total. The molecule has 0 spiro atoms. The largest absolute Gasteiger partial charge is 0.476 e. The zero-order valence-electron chi connectivity index (χ0n) is 14.0. The van der Waals surface area contributed by atoms with Crippen molar-refractivity contribution in [3.05, 3.63) is 47.8 Å². The maximum atomic E-state index is 12.3. The Balaban J connectivity index is 1.58. The summed E-state index contributed by atoms with van der Waals surface area (Å²) in [5.41, 5.74) is 1.13. The van der Waals surface area contributed by atoms with Crippen molar-refractivity contribution in [2.45, 2.75) is 44.7 Å². The molecule has 2 atom stereocenters. The Morgan fingerprint density at radius 3 is 2.68 bits per heavy atom. The Morgan fingerprint density at radius 1 is 1.20 bits per heavy atom. The van der Waals surface area contributed by atoms with Gasteiger partial charge in [0.1, 0.15) is 6.54 Å². The molecule has 1 aliphatic rings. The van der Waals surface area contributed by atoms with E-state index >= 15 is 0 Å². The number of benzene rings is 1. The molecule has 2 aromatic rings. The van der Waals surface area contributed by atoms with E-state index in [9.17, 15) is 9.59 Å². The van der Waals surface area contributed by atoms with Crippen LogP contribution in [0.2, 0.25) is 0 Å². The fraction of sp³-hybridized carbons (Fsp3) is 0.444. The third kappa shape index (κ3) is 4.65. The van der Waals surface area contributed by atoms with Gasteiger partial charge in [0.15, 0.2) is 5.69 Å². The molecular weight excluding hydrogens is 320 g/mol. The number of carboxylic acid groups (broad SMARTS) is 1. The Kier molecular flexibility index (Phi) is 5.42. The van der Waals surface area contributed by atoms with Crippen LogP contribution in [-0.4, -0.2) is 38.0 Å². The number of carbonyl (C=O) groups excluding carboxylic acids is 1. The van der Waals surface area contributed by atoms with Crippen LogP contribution < -0.4 is 5.32 Å². The lowest BCUT2D eigenvalue weighted by atomic mass is 9.80. The average molecular weight is 342 g/mol. The minimum absolute atomic E-state index is 0.0190. The van der Waals surface area contributed by atoms with Gasteiger partial charge in [-0.2, -0.15) is 0 Å². The second kappa shape index (κ2) is 7.92. The fourth-order valence-electron chi connectivity index (χ4n) is 3.43. The molecule has 0 saturated heterocycles. The molecule has 2 unspecified atom stereocenters. The van der Waals surface area contributed by atoms with E-state index in [1.165, 1.54) is 22.9 Å². The minimum atomic E-state index is -1.15. The molecule has 25 heavy (non-hydrogen) atoms. The number of rotatable bonds is 6. The Bertz CT molecular complexity index is 729. The molecule has 1 amide bonds. The molecule has 1 aromatic heterocycles. The number of hydrogen-bond acceptors (Lipinski definition) is 4. The zero-order valence-corrected chi connectivity index (χ0v) is 14.0. The van der Waals surface area contributed by atoms with Crippen LogP contribution >= 0.6 is 0 Å². The summed E-state index contributed by atoms with van der Waals surface area (Å²) >= 11 is 0. The molecule has 3 rings (SSSR count). The van der Waals surface area contributed by atoms with E-state index in [1.54, 1.807) is 0 Å². The van der Waals surface area contributed by atoms with E-state index in [0.29, 0.717) is 5.92 Å². The summed E-state index contributed by atoms with van der Waals surface area (Å²) in [5.74, 6) is -0.890. The number of nitrogens with one attached hydrogen (secondary N) is 1. The van der Waals surface area contributed by atoms with Crippen molar-refractivity contribution in [3.63, 3.8) is 0 Å². The Labute approximate surface area is 146 Å². The molecule has 132 valence electrons. The van der Waals surface area contributed by atoms with Crippen LogP contribution in [0.4, 0.5) is 0 Å². The van der Waals surface area contributed by atoms with Crippen LogP contribution in [-0.2, 0) is 17.8 Å². The number of carboxylic acids is 1. The number of nitrogens with zero attached hydrogens (tertiary/aromatic N) is 3. The van der Waals surface area contributed by atoms with E-state index in [0.717, 1.165) is 25.7 Å². The maximum absolute atomic E-state index is 12.3. The quantitative estimate of drug-likeness (QED) is 0.835. The lowest BCUT2D eigenvalue weighted by Gasteiger charge is -2.32.